The molecule has 0 aliphatic rings. The minimum absolute atomic E-state index is 0.0161. The Morgan fingerprint density at radius 1 is 1.38 bits per heavy atom. The lowest BCUT2D eigenvalue weighted by molar-refractivity contribution is 0.302. The summed E-state index contributed by atoms with van der Waals surface area (Å²) in [5.74, 6) is 5.43. The van der Waals surface area contributed by atoms with E-state index in [0.717, 1.165) is 5.69 Å². The summed E-state index contributed by atoms with van der Waals surface area (Å²) in [7, 11) is 1.85. The number of aliphatic hydroxyl groups excluding tert-OH is 1. The normalized spacial score (nSPS) is 10.0. The first-order valence-electron chi connectivity index (χ1n) is 6.69. The van der Waals surface area contributed by atoms with E-state index in [-0.39, 0.29) is 12.4 Å². The fourth-order valence-corrected chi connectivity index (χ4v) is 1.82. The van der Waals surface area contributed by atoms with Crippen molar-refractivity contribution in [1.29, 1.82) is 0 Å². The van der Waals surface area contributed by atoms with Gasteiger partial charge in [0.05, 0.1) is 13.2 Å². The molecular weight excluding hydrogens is 271 g/mol. The average Bonchev–Trinajstić information content (AvgIpc) is 2.88. The van der Waals surface area contributed by atoms with Gasteiger partial charge < -0.3 is 9.84 Å². The maximum Gasteiger partial charge on any atom is 0.165 e. The van der Waals surface area contributed by atoms with Gasteiger partial charge in [0, 0.05) is 37.3 Å². The van der Waals surface area contributed by atoms with Crippen LogP contribution >= 0.6 is 0 Å². The van der Waals surface area contributed by atoms with Crippen LogP contribution in [-0.4, -0.2) is 28.1 Å². The van der Waals surface area contributed by atoms with Crippen molar-refractivity contribution < 1.29 is 14.2 Å². The Hall–Kier alpha value is -2.32. The standard InChI is InChI=1S/C16H17FN2O2/c1-19-14(7-9-18-19)8-11-21-16-12-13(4-2-3-10-20)5-6-15(16)17/h5-7,9,12,20H,3,8,10-11H2,1H3. The van der Waals surface area contributed by atoms with E-state index >= 15 is 0 Å². The molecule has 0 atom stereocenters. The minimum atomic E-state index is -0.410. The Labute approximate surface area is 123 Å². The Morgan fingerprint density at radius 3 is 2.95 bits per heavy atom. The lowest BCUT2D eigenvalue weighted by Gasteiger charge is -2.08. The lowest BCUT2D eigenvalue weighted by atomic mass is 10.2. The van der Waals surface area contributed by atoms with E-state index in [4.69, 9.17) is 9.84 Å². The molecule has 1 N–H and O–H groups in total. The van der Waals surface area contributed by atoms with Crippen LogP contribution in [0.1, 0.15) is 17.7 Å². The number of halogens is 1. The van der Waals surface area contributed by atoms with Crippen LogP contribution in [0.3, 0.4) is 0 Å². The Bertz CT molecular complexity index is 656. The second-order valence-corrected chi connectivity index (χ2v) is 4.47. The maximum absolute atomic E-state index is 13.7. The van der Waals surface area contributed by atoms with Crippen molar-refractivity contribution >= 4 is 0 Å². The van der Waals surface area contributed by atoms with Crippen molar-refractivity contribution in [1.82, 2.24) is 9.78 Å². The fourth-order valence-electron chi connectivity index (χ4n) is 1.82. The third-order valence-electron chi connectivity index (χ3n) is 2.94. The van der Waals surface area contributed by atoms with Gasteiger partial charge in [-0.2, -0.15) is 5.10 Å². The van der Waals surface area contributed by atoms with Gasteiger partial charge in [0.1, 0.15) is 0 Å². The summed E-state index contributed by atoms with van der Waals surface area (Å²) in [5.41, 5.74) is 1.69. The van der Waals surface area contributed by atoms with Crippen molar-refractivity contribution in [2.75, 3.05) is 13.2 Å². The number of rotatable bonds is 5. The van der Waals surface area contributed by atoms with Gasteiger partial charge in [-0.1, -0.05) is 11.8 Å². The predicted octanol–water partition coefficient (Wildman–Crippen LogP) is 1.91. The van der Waals surface area contributed by atoms with Crippen LogP contribution in [0.15, 0.2) is 30.5 Å². The molecule has 0 amide bonds. The maximum atomic E-state index is 13.7. The summed E-state index contributed by atoms with van der Waals surface area (Å²) in [6, 6.07) is 6.40. The molecule has 4 nitrogen and oxygen atoms in total. The number of hydrogen-bond donors (Lipinski definition) is 1. The topological polar surface area (TPSA) is 47.3 Å². The Kier molecular flexibility index (Phi) is 5.35. The second-order valence-electron chi connectivity index (χ2n) is 4.47. The van der Waals surface area contributed by atoms with Gasteiger partial charge in [0.15, 0.2) is 11.6 Å². The van der Waals surface area contributed by atoms with Gasteiger partial charge in [-0.3, -0.25) is 4.68 Å². The monoisotopic (exact) mass is 288 g/mol. The highest BCUT2D eigenvalue weighted by Crippen LogP contribution is 2.18. The van der Waals surface area contributed by atoms with E-state index in [1.54, 1.807) is 23.0 Å². The van der Waals surface area contributed by atoms with E-state index in [1.807, 2.05) is 13.1 Å². The molecule has 0 aliphatic carbocycles. The molecule has 0 spiro atoms. The first kappa shape index (κ1) is 15.1. The Balaban J connectivity index is 1.97. The summed E-state index contributed by atoms with van der Waals surface area (Å²) in [5, 5.41) is 12.7. The molecule has 0 radical (unpaired) electrons. The summed E-state index contributed by atoms with van der Waals surface area (Å²) in [4.78, 5) is 0. The third kappa shape index (κ3) is 4.33. The molecule has 1 aromatic heterocycles. The number of ether oxygens (including phenoxy) is 1. The molecule has 1 aromatic carbocycles. The molecule has 2 aromatic rings. The molecule has 0 unspecified atom stereocenters. The predicted molar refractivity (Wildman–Crippen MR) is 77.4 cm³/mol. The van der Waals surface area contributed by atoms with E-state index in [9.17, 15) is 4.39 Å². The molecule has 110 valence electrons. The van der Waals surface area contributed by atoms with Gasteiger partial charge in [-0.05, 0) is 24.3 Å². The van der Waals surface area contributed by atoms with Crippen LogP contribution in [0.5, 0.6) is 5.75 Å². The summed E-state index contributed by atoms with van der Waals surface area (Å²) in [6.45, 7) is 0.381. The summed E-state index contributed by atoms with van der Waals surface area (Å²) < 4.78 is 20.9. The number of aryl methyl sites for hydroxylation is 1. The van der Waals surface area contributed by atoms with Crippen molar-refractivity contribution in [3.8, 4) is 17.6 Å². The summed E-state index contributed by atoms with van der Waals surface area (Å²) in [6.07, 6.45) is 2.76. The first-order chi connectivity index (χ1) is 10.2. The van der Waals surface area contributed by atoms with Gasteiger partial charge in [-0.15, -0.1) is 0 Å². The molecule has 1 heterocycles. The third-order valence-corrected chi connectivity index (χ3v) is 2.94. The van der Waals surface area contributed by atoms with Gasteiger partial charge in [0.2, 0.25) is 0 Å². The van der Waals surface area contributed by atoms with Crippen molar-refractivity contribution in [3.05, 3.63) is 47.5 Å². The molecular formula is C16H17FN2O2. The van der Waals surface area contributed by atoms with E-state index < -0.39 is 5.82 Å². The molecule has 21 heavy (non-hydrogen) atoms. The number of nitrogens with zero attached hydrogens (tertiary/aromatic N) is 2. The number of hydrogen-bond acceptors (Lipinski definition) is 3. The number of aliphatic hydroxyl groups is 1. The van der Waals surface area contributed by atoms with Gasteiger partial charge >= 0.3 is 0 Å². The molecule has 5 heteroatoms. The van der Waals surface area contributed by atoms with E-state index in [0.29, 0.717) is 25.0 Å². The summed E-state index contributed by atoms with van der Waals surface area (Å²) >= 11 is 0. The first-order valence-corrected chi connectivity index (χ1v) is 6.69. The zero-order valence-electron chi connectivity index (χ0n) is 11.8. The highest BCUT2D eigenvalue weighted by molar-refractivity contribution is 5.40. The van der Waals surface area contributed by atoms with Gasteiger partial charge in [0.25, 0.3) is 0 Å². The molecule has 0 aliphatic heterocycles. The van der Waals surface area contributed by atoms with Crippen LogP contribution in [0.4, 0.5) is 4.39 Å². The molecule has 0 fully saturated rings. The number of aromatic nitrogens is 2. The quantitative estimate of drug-likeness (QED) is 0.855. The highest BCUT2D eigenvalue weighted by atomic mass is 19.1. The molecule has 2 rings (SSSR count). The highest BCUT2D eigenvalue weighted by Gasteiger charge is 2.05. The zero-order chi connectivity index (χ0) is 15.1. The van der Waals surface area contributed by atoms with Crippen LogP contribution in [0, 0.1) is 17.7 Å². The van der Waals surface area contributed by atoms with Crippen LogP contribution in [0.25, 0.3) is 0 Å². The minimum Gasteiger partial charge on any atom is -0.490 e. The SMILES string of the molecule is Cn1nccc1CCOc1cc(C#CCCO)ccc1F. The molecule has 0 bridgehead atoms. The fraction of sp³-hybridized carbons (Fsp3) is 0.312. The lowest BCUT2D eigenvalue weighted by Crippen LogP contribution is -2.06. The Morgan fingerprint density at radius 2 is 2.24 bits per heavy atom. The van der Waals surface area contributed by atoms with Crippen LogP contribution in [-0.2, 0) is 13.5 Å². The van der Waals surface area contributed by atoms with Crippen molar-refractivity contribution in [2.24, 2.45) is 7.05 Å². The average molecular weight is 288 g/mol. The molecule has 0 saturated carbocycles. The smallest absolute Gasteiger partial charge is 0.165 e. The van der Waals surface area contributed by atoms with Crippen LogP contribution in [0.2, 0.25) is 0 Å². The zero-order valence-corrected chi connectivity index (χ0v) is 11.8. The van der Waals surface area contributed by atoms with E-state index in [1.165, 1.54) is 6.07 Å². The van der Waals surface area contributed by atoms with Crippen molar-refractivity contribution in [3.63, 3.8) is 0 Å². The van der Waals surface area contributed by atoms with Gasteiger partial charge in [-0.25, -0.2) is 4.39 Å². The van der Waals surface area contributed by atoms with Crippen molar-refractivity contribution in [2.45, 2.75) is 12.8 Å². The largest absolute Gasteiger partial charge is 0.490 e. The van der Waals surface area contributed by atoms with Crippen LogP contribution < -0.4 is 4.74 Å². The second kappa shape index (κ2) is 7.46. The number of benzene rings is 1. The molecule has 0 saturated heterocycles. The van der Waals surface area contributed by atoms with E-state index in [2.05, 4.69) is 16.9 Å².